The summed E-state index contributed by atoms with van der Waals surface area (Å²) in [6, 6.07) is 5.60. The van der Waals surface area contributed by atoms with Gasteiger partial charge >= 0.3 is 0 Å². The van der Waals surface area contributed by atoms with E-state index >= 15 is 0 Å². The fourth-order valence-electron chi connectivity index (χ4n) is 6.92. The van der Waals surface area contributed by atoms with Gasteiger partial charge in [0.1, 0.15) is 0 Å². The van der Waals surface area contributed by atoms with Crippen LogP contribution in [0.1, 0.15) is 73.9 Å². The maximum atomic E-state index is 13.6. The Morgan fingerprint density at radius 3 is 2.25 bits per heavy atom. The summed E-state index contributed by atoms with van der Waals surface area (Å²) < 4.78 is 0. The van der Waals surface area contributed by atoms with Gasteiger partial charge in [-0.1, -0.05) is 6.07 Å². The molecule has 0 aromatic heterocycles. The number of nitrogens with two attached hydrogens (primary N) is 1. The van der Waals surface area contributed by atoms with Crippen molar-refractivity contribution in [3.63, 3.8) is 0 Å². The number of rotatable bonds is 3. The smallest absolute Gasteiger partial charge is 0.248 e. The van der Waals surface area contributed by atoms with Gasteiger partial charge in [-0.3, -0.25) is 9.59 Å². The van der Waals surface area contributed by atoms with Crippen molar-refractivity contribution < 1.29 is 9.59 Å². The number of carbonyl (C=O) groups is 2. The third-order valence-corrected chi connectivity index (χ3v) is 7.62. The van der Waals surface area contributed by atoms with Gasteiger partial charge in [0.05, 0.1) is 0 Å². The predicted molar refractivity (Wildman–Crippen MR) is 109 cm³/mol. The zero-order valence-electron chi connectivity index (χ0n) is 16.9. The maximum Gasteiger partial charge on any atom is 0.248 e. The molecule has 0 spiro atoms. The molecule has 1 aromatic rings. The number of primary amides is 1. The molecule has 4 fully saturated rings. The van der Waals surface area contributed by atoms with E-state index in [-0.39, 0.29) is 11.0 Å². The molecule has 1 aliphatic heterocycles. The van der Waals surface area contributed by atoms with Gasteiger partial charge in [-0.25, -0.2) is 0 Å². The summed E-state index contributed by atoms with van der Waals surface area (Å²) in [6.07, 6.45) is 9.95. The molecule has 1 heterocycles. The van der Waals surface area contributed by atoms with Crippen LogP contribution in [-0.2, 0) is 11.2 Å². The molecule has 0 radical (unpaired) electrons. The Morgan fingerprint density at radius 2 is 1.68 bits per heavy atom. The molecule has 0 unspecified atom stereocenters. The van der Waals surface area contributed by atoms with Gasteiger partial charge in [-0.05, 0) is 94.2 Å². The molecule has 0 atom stereocenters. The minimum absolute atomic E-state index is 0.127. The fraction of sp³-hybridized carbons (Fsp3) is 0.583. The van der Waals surface area contributed by atoms with Crippen molar-refractivity contribution in [2.75, 3.05) is 0 Å². The van der Waals surface area contributed by atoms with Crippen LogP contribution in [0.25, 0.3) is 5.70 Å². The van der Waals surface area contributed by atoms with Crippen molar-refractivity contribution in [2.45, 2.75) is 64.3 Å². The van der Waals surface area contributed by atoms with E-state index < -0.39 is 5.91 Å². The molecule has 6 rings (SSSR count). The molecule has 1 aromatic carbocycles. The monoisotopic (exact) mass is 378 g/mol. The van der Waals surface area contributed by atoms with Gasteiger partial charge in [-0.2, -0.15) is 0 Å². The lowest BCUT2D eigenvalue weighted by atomic mass is 9.48. The number of fused-ring (bicyclic) bond motifs is 1. The molecule has 148 valence electrons. The molecule has 5 aliphatic rings. The average molecular weight is 379 g/mol. The fourth-order valence-corrected chi connectivity index (χ4v) is 6.92. The molecular formula is C24H30N2O2. The van der Waals surface area contributed by atoms with Crippen LogP contribution < -0.4 is 11.1 Å². The number of nitrogens with one attached hydrogen (secondary N) is 1. The van der Waals surface area contributed by atoms with Gasteiger partial charge in [0.15, 0.2) is 5.78 Å². The van der Waals surface area contributed by atoms with Crippen molar-refractivity contribution in [3.8, 4) is 0 Å². The molecule has 3 N–H and O–H groups in total. The van der Waals surface area contributed by atoms with Crippen molar-refractivity contribution >= 4 is 17.4 Å². The predicted octanol–water partition coefficient (Wildman–Crippen LogP) is 3.84. The van der Waals surface area contributed by atoms with E-state index in [1.165, 1.54) is 19.3 Å². The minimum atomic E-state index is -0.408. The molecule has 4 heteroatoms. The summed E-state index contributed by atoms with van der Waals surface area (Å²) in [7, 11) is 0. The number of benzene rings is 1. The summed E-state index contributed by atoms with van der Waals surface area (Å²) in [5.74, 6) is 2.19. The average Bonchev–Trinajstić information content (AvgIpc) is 2.59. The number of amides is 1. The highest BCUT2D eigenvalue weighted by atomic mass is 16.1. The van der Waals surface area contributed by atoms with Crippen LogP contribution in [0.5, 0.6) is 0 Å². The molecule has 1 amide bonds. The minimum Gasteiger partial charge on any atom is -0.379 e. The Labute approximate surface area is 167 Å². The number of carbonyl (C=O) groups excluding carboxylic acids is 2. The third-order valence-electron chi connectivity index (χ3n) is 7.62. The van der Waals surface area contributed by atoms with E-state index in [0.717, 1.165) is 60.3 Å². The standard InChI is InChI=1S/C24H30N2O2/c1-23(2)13-18-8-17(22(25)28)3-4-19(18)20(26-23)9-21(27)24-10-14-5-15(11-24)7-16(6-14)12-24/h3-4,8-9,14-16,26H,5-7,10-13H2,1-2H3,(H2,25,28). The first kappa shape index (κ1) is 18.0. The maximum absolute atomic E-state index is 13.6. The Bertz CT molecular complexity index is 861. The highest BCUT2D eigenvalue weighted by molar-refractivity contribution is 6.01. The zero-order valence-corrected chi connectivity index (χ0v) is 16.9. The van der Waals surface area contributed by atoms with Crippen LogP contribution in [0.4, 0.5) is 0 Å². The zero-order chi connectivity index (χ0) is 19.7. The van der Waals surface area contributed by atoms with E-state index in [0.29, 0.717) is 11.3 Å². The molecule has 4 saturated carbocycles. The van der Waals surface area contributed by atoms with Crippen molar-refractivity contribution in [1.82, 2.24) is 5.32 Å². The van der Waals surface area contributed by atoms with E-state index in [4.69, 9.17) is 5.73 Å². The Morgan fingerprint density at radius 1 is 1.07 bits per heavy atom. The summed E-state index contributed by atoms with van der Waals surface area (Å²) >= 11 is 0. The lowest BCUT2D eigenvalue weighted by molar-refractivity contribution is -0.138. The summed E-state index contributed by atoms with van der Waals surface area (Å²) in [5.41, 5.74) is 8.73. The summed E-state index contributed by atoms with van der Waals surface area (Å²) in [4.78, 5) is 25.2. The summed E-state index contributed by atoms with van der Waals surface area (Å²) in [6.45, 7) is 4.27. The number of ketones is 1. The van der Waals surface area contributed by atoms with Crippen LogP contribution in [-0.4, -0.2) is 17.2 Å². The third kappa shape index (κ3) is 2.89. The van der Waals surface area contributed by atoms with Gasteiger partial charge in [0, 0.05) is 33.9 Å². The Kier molecular flexibility index (Phi) is 3.82. The van der Waals surface area contributed by atoms with E-state index in [1.54, 1.807) is 6.07 Å². The topological polar surface area (TPSA) is 72.2 Å². The number of hydrogen-bond acceptors (Lipinski definition) is 3. The molecular weight excluding hydrogens is 348 g/mol. The number of allylic oxidation sites excluding steroid dienone is 1. The van der Waals surface area contributed by atoms with E-state index in [9.17, 15) is 9.59 Å². The van der Waals surface area contributed by atoms with Crippen molar-refractivity contribution in [2.24, 2.45) is 28.9 Å². The SMILES string of the molecule is CC1(C)Cc2cc(C(N)=O)ccc2C(=CC(=O)C23CC4CC(CC(C4)C2)C3)N1. The van der Waals surface area contributed by atoms with E-state index in [2.05, 4.69) is 19.2 Å². The van der Waals surface area contributed by atoms with Gasteiger partial charge in [0.2, 0.25) is 5.91 Å². The largest absolute Gasteiger partial charge is 0.379 e. The Hall–Kier alpha value is -2.10. The first-order chi connectivity index (χ1) is 13.2. The van der Waals surface area contributed by atoms with Gasteiger partial charge in [-0.15, -0.1) is 0 Å². The summed E-state index contributed by atoms with van der Waals surface area (Å²) in [5, 5.41) is 3.58. The van der Waals surface area contributed by atoms with Crippen molar-refractivity contribution in [1.29, 1.82) is 0 Å². The van der Waals surface area contributed by atoms with Crippen LogP contribution in [0.2, 0.25) is 0 Å². The molecule has 28 heavy (non-hydrogen) atoms. The van der Waals surface area contributed by atoms with Crippen LogP contribution in [0.3, 0.4) is 0 Å². The quantitative estimate of drug-likeness (QED) is 0.785. The molecule has 4 aliphatic carbocycles. The lowest BCUT2D eigenvalue weighted by Crippen LogP contribution is -2.50. The highest BCUT2D eigenvalue weighted by Crippen LogP contribution is 2.60. The first-order valence-electron chi connectivity index (χ1n) is 10.7. The first-order valence-corrected chi connectivity index (χ1v) is 10.7. The van der Waals surface area contributed by atoms with Crippen LogP contribution >= 0.6 is 0 Å². The van der Waals surface area contributed by atoms with Crippen LogP contribution in [0, 0.1) is 23.2 Å². The second-order valence-electron chi connectivity index (χ2n) is 10.5. The molecule has 4 bridgehead atoms. The number of hydrogen-bond donors (Lipinski definition) is 2. The molecule has 0 saturated heterocycles. The molecule has 4 nitrogen and oxygen atoms in total. The van der Waals surface area contributed by atoms with E-state index in [1.807, 2.05) is 18.2 Å². The van der Waals surface area contributed by atoms with Crippen LogP contribution in [0.15, 0.2) is 24.3 Å². The normalized spacial score (nSPS) is 36.1. The second-order valence-corrected chi connectivity index (χ2v) is 10.5. The van der Waals surface area contributed by atoms with Gasteiger partial charge in [0.25, 0.3) is 0 Å². The highest BCUT2D eigenvalue weighted by Gasteiger charge is 2.54. The van der Waals surface area contributed by atoms with Crippen molar-refractivity contribution in [3.05, 3.63) is 41.0 Å². The Balaban J connectivity index is 1.51. The second kappa shape index (κ2) is 5.95. The lowest BCUT2D eigenvalue weighted by Gasteiger charge is -2.55. The van der Waals surface area contributed by atoms with Gasteiger partial charge < -0.3 is 11.1 Å².